The number of nitrogens with zero attached hydrogens (tertiary/aromatic N) is 1. The molecule has 4 aromatic rings. The second-order valence-electron chi connectivity index (χ2n) is 13.5. The Morgan fingerprint density at radius 3 is 2.11 bits per heavy atom. The minimum absolute atomic E-state index is 0. The van der Waals surface area contributed by atoms with Crippen molar-refractivity contribution < 1.29 is 30.0 Å². The van der Waals surface area contributed by atoms with Crippen LogP contribution in [0.5, 0.6) is 0 Å². The Bertz CT molecular complexity index is 1620. The second-order valence-corrected chi connectivity index (χ2v) is 18.6. The number of carbonyl (C=O) groups excluding carboxylic acids is 1. The van der Waals surface area contributed by atoms with E-state index in [0.717, 1.165) is 42.5 Å². The van der Waals surface area contributed by atoms with Crippen molar-refractivity contribution in [3.05, 3.63) is 95.8 Å². The van der Waals surface area contributed by atoms with E-state index in [1.807, 2.05) is 27.7 Å². The van der Waals surface area contributed by atoms with Crippen molar-refractivity contribution in [3.8, 4) is 22.4 Å². The first-order valence-corrected chi connectivity index (χ1v) is 20.6. The van der Waals surface area contributed by atoms with Crippen LogP contribution in [0.25, 0.3) is 33.3 Å². The Morgan fingerprint density at radius 2 is 1.50 bits per heavy atom. The Balaban J connectivity index is 0.000000309. The fourth-order valence-electron chi connectivity index (χ4n) is 6.28. The summed E-state index contributed by atoms with van der Waals surface area (Å²) >= 11 is 0. The van der Waals surface area contributed by atoms with Crippen LogP contribution in [0.2, 0.25) is 19.6 Å². The van der Waals surface area contributed by atoms with Crippen LogP contribution in [0.3, 0.4) is 0 Å². The van der Waals surface area contributed by atoms with Gasteiger partial charge in [-0.1, -0.05) is 120 Å². The van der Waals surface area contributed by atoms with Gasteiger partial charge in [-0.3, -0.25) is 9.78 Å². The maximum absolute atomic E-state index is 11.7. The van der Waals surface area contributed by atoms with Crippen molar-refractivity contribution in [1.29, 1.82) is 0 Å². The van der Waals surface area contributed by atoms with Crippen LogP contribution >= 0.6 is 0 Å². The number of aliphatic hydroxyl groups is 1. The zero-order valence-electron chi connectivity index (χ0n) is 28.9. The van der Waals surface area contributed by atoms with Gasteiger partial charge in [-0.15, -0.1) is 34.9 Å². The van der Waals surface area contributed by atoms with Crippen LogP contribution in [-0.2, 0) is 37.7 Å². The van der Waals surface area contributed by atoms with Gasteiger partial charge in [-0.2, -0.15) is 0 Å². The molecule has 0 fully saturated rings. The summed E-state index contributed by atoms with van der Waals surface area (Å²) in [6.07, 6.45) is 9.85. The first-order chi connectivity index (χ1) is 21.6. The molecule has 0 saturated carbocycles. The second kappa shape index (κ2) is 17.3. The van der Waals surface area contributed by atoms with Gasteiger partial charge in [0.25, 0.3) is 0 Å². The number of hydrogen-bond acceptors (Lipinski definition) is 3. The normalized spacial score (nSPS) is 13.2. The molecule has 0 unspecified atom stereocenters. The van der Waals surface area contributed by atoms with E-state index >= 15 is 0 Å². The number of benzene rings is 3. The van der Waals surface area contributed by atoms with Gasteiger partial charge in [-0.05, 0) is 55.0 Å². The summed E-state index contributed by atoms with van der Waals surface area (Å²) < 4.78 is 0. The number of ketones is 1. The summed E-state index contributed by atoms with van der Waals surface area (Å²) in [6, 6.07) is 28.0. The quantitative estimate of drug-likeness (QED) is 0.0751. The fourth-order valence-corrected chi connectivity index (χ4v) is 7.44. The first kappa shape index (κ1) is 37.6. The molecule has 3 aromatic carbocycles. The Labute approximate surface area is 292 Å². The minimum Gasteiger partial charge on any atom is -0.512 e. The third-order valence-corrected chi connectivity index (χ3v) is 11.4. The van der Waals surface area contributed by atoms with Crippen molar-refractivity contribution in [2.45, 2.75) is 98.7 Å². The van der Waals surface area contributed by atoms with Crippen molar-refractivity contribution in [2.75, 3.05) is 0 Å². The summed E-state index contributed by atoms with van der Waals surface area (Å²) in [5, 5.41) is 12.5. The first-order valence-electron chi connectivity index (χ1n) is 17.1. The molecule has 1 aliphatic rings. The van der Waals surface area contributed by atoms with Crippen molar-refractivity contribution in [2.24, 2.45) is 11.8 Å². The van der Waals surface area contributed by atoms with E-state index in [0.29, 0.717) is 0 Å². The zero-order chi connectivity index (χ0) is 32.6. The zero-order valence-corrected chi connectivity index (χ0v) is 32.3. The molecule has 1 radical (unpaired) electrons. The molecule has 247 valence electrons. The summed E-state index contributed by atoms with van der Waals surface area (Å²) in [5.74, 6) is 0.547. The number of aliphatic hydroxyl groups excluding tert-OH is 1. The minimum atomic E-state index is -1.40. The third-order valence-electron chi connectivity index (χ3n) is 9.39. The van der Waals surface area contributed by atoms with Crippen molar-refractivity contribution >= 4 is 29.9 Å². The maximum Gasteiger partial charge on any atom is 0.162 e. The van der Waals surface area contributed by atoms with Gasteiger partial charge >= 0.3 is 0 Å². The third kappa shape index (κ3) is 9.37. The number of fused-ring (bicyclic) bond motifs is 2. The molecule has 0 aliphatic heterocycles. The van der Waals surface area contributed by atoms with Crippen LogP contribution in [0.15, 0.2) is 78.6 Å². The molecule has 5 heteroatoms. The summed E-state index contributed by atoms with van der Waals surface area (Å²) in [5.41, 5.74) is 8.67. The Kier molecular flexibility index (Phi) is 14.2. The van der Waals surface area contributed by atoms with Crippen molar-refractivity contribution in [1.82, 2.24) is 4.98 Å². The average Bonchev–Trinajstić information content (AvgIpc) is 3.05. The molecule has 3 nitrogen and oxygen atoms in total. The fraction of sp³-hybridized carbons (Fsp3) is 0.415. The number of aryl methyl sites for hydroxylation is 2. The van der Waals surface area contributed by atoms with Gasteiger partial charge in [0.15, 0.2) is 5.78 Å². The van der Waals surface area contributed by atoms with Gasteiger partial charge in [0.05, 0.1) is 19.3 Å². The molecule has 1 aromatic heterocycles. The van der Waals surface area contributed by atoms with Crippen LogP contribution in [0.1, 0.15) is 77.3 Å². The average molecular weight is 811 g/mol. The largest absolute Gasteiger partial charge is 0.512 e. The summed E-state index contributed by atoms with van der Waals surface area (Å²) in [6.45, 7) is 15.3. The smallest absolute Gasteiger partial charge is 0.162 e. The van der Waals surface area contributed by atoms with Gasteiger partial charge < -0.3 is 5.11 Å². The number of pyridine rings is 1. The molecule has 1 heterocycles. The standard InChI is InChI=1S/C28H28NSi.C13H24O2.Ir/c1-30(2,3)24-15-16-27-26(18-24)25(21-10-5-4-6-11-21)19-28(29-27)23-14-13-20-9-7-8-12-22(20)17-23;1-5-10(6-2)12(14)9-13(15)11(7-3)8-4;/h4-6,10-11,13,15-19H,7-9,12H2,1-3H3;9-11,14H,5-8H2,1-4H3;/q-1;;/b;12-9-;. The molecule has 0 atom stereocenters. The van der Waals surface area contributed by atoms with Gasteiger partial charge in [0.1, 0.15) is 0 Å². The summed E-state index contributed by atoms with van der Waals surface area (Å²) in [4.78, 5) is 16.8. The number of carbonyl (C=O) groups is 1. The van der Waals surface area contributed by atoms with Crippen LogP contribution in [0.4, 0.5) is 0 Å². The Morgan fingerprint density at radius 1 is 0.870 bits per heavy atom. The molecule has 0 bridgehead atoms. The van der Waals surface area contributed by atoms with E-state index in [1.54, 1.807) is 0 Å². The molecular formula is C41H52IrNO2Si-. The number of hydrogen-bond donors (Lipinski definition) is 1. The van der Waals surface area contributed by atoms with E-state index in [9.17, 15) is 9.90 Å². The monoisotopic (exact) mass is 811 g/mol. The maximum atomic E-state index is 11.7. The van der Waals surface area contributed by atoms with Crippen LogP contribution in [-0.4, -0.2) is 23.9 Å². The SMILES string of the molecule is CCC(CC)C(=O)/C=C(\O)C(CC)CC.C[Si](C)(C)c1ccc2nc(-c3[c-]cc4c(c3)CCCC4)cc(-c3ccccc3)c2c1.[Ir]. The molecular weight excluding hydrogens is 759 g/mol. The number of allylic oxidation sites excluding steroid dienone is 2. The molecule has 0 amide bonds. The van der Waals surface area contributed by atoms with Crippen LogP contribution in [0, 0.1) is 17.9 Å². The number of aromatic nitrogens is 1. The van der Waals surface area contributed by atoms with E-state index in [1.165, 1.54) is 64.6 Å². The van der Waals surface area contributed by atoms with E-state index in [4.69, 9.17) is 4.98 Å². The molecule has 0 saturated heterocycles. The van der Waals surface area contributed by atoms with Gasteiger partial charge in [0.2, 0.25) is 0 Å². The topological polar surface area (TPSA) is 50.2 Å². The van der Waals surface area contributed by atoms with Gasteiger partial charge in [0, 0.05) is 43.4 Å². The molecule has 1 N–H and O–H groups in total. The molecule has 0 spiro atoms. The predicted octanol–water partition coefficient (Wildman–Crippen LogP) is 10.7. The molecule has 1 aliphatic carbocycles. The molecule has 46 heavy (non-hydrogen) atoms. The summed E-state index contributed by atoms with van der Waals surface area (Å²) in [7, 11) is -1.40. The van der Waals surface area contributed by atoms with E-state index in [2.05, 4.69) is 92.4 Å². The van der Waals surface area contributed by atoms with E-state index < -0.39 is 8.07 Å². The van der Waals surface area contributed by atoms with Gasteiger partial charge in [-0.25, -0.2) is 0 Å². The van der Waals surface area contributed by atoms with Crippen molar-refractivity contribution in [3.63, 3.8) is 0 Å². The van der Waals surface area contributed by atoms with Crippen LogP contribution < -0.4 is 5.19 Å². The Hall–Kier alpha value is -2.85. The predicted molar refractivity (Wildman–Crippen MR) is 195 cm³/mol. The number of rotatable bonds is 10. The molecule has 5 rings (SSSR count). The van der Waals surface area contributed by atoms with E-state index in [-0.39, 0.29) is 43.5 Å².